The fraction of sp³-hybridized carbons (Fsp3) is 0.154. The maximum Gasteiger partial charge on any atom is 0.260 e. The van der Waals surface area contributed by atoms with Crippen LogP contribution < -0.4 is 14.8 Å². The van der Waals surface area contributed by atoms with Crippen molar-refractivity contribution in [2.24, 2.45) is 0 Å². The van der Waals surface area contributed by atoms with Crippen molar-refractivity contribution >= 4 is 11.9 Å². The molecule has 0 aliphatic rings. The molecule has 1 heterocycles. The summed E-state index contributed by atoms with van der Waals surface area (Å²) in [6.45, 7) is 0. The van der Waals surface area contributed by atoms with Crippen LogP contribution in [0.5, 0.6) is 11.8 Å². The van der Waals surface area contributed by atoms with Gasteiger partial charge in [-0.15, -0.1) is 0 Å². The second-order valence-corrected chi connectivity index (χ2v) is 3.71. The quantitative estimate of drug-likeness (QED) is 0.923. The van der Waals surface area contributed by atoms with Gasteiger partial charge < -0.3 is 9.47 Å². The highest BCUT2D eigenvalue weighted by Gasteiger charge is 2.13. The Balaban J connectivity index is 2.26. The molecule has 6 nitrogen and oxygen atoms in total. The van der Waals surface area contributed by atoms with Crippen molar-refractivity contribution in [1.29, 1.82) is 0 Å². The molecule has 0 spiro atoms. The zero-order valence-electron chi connectivity index (χ0n) is 10.9. The van der Waals surface area contributed by atoms with Gasteiger partial charge in [0.15, 0.2) is 0 Å². The molecule has 2 aromatic rings. The van der Waals surface area contributed by atoms with E-state index in [1.54, 1.807) is 6.07 Å². The van der Waals surface area contributed by atoms with Gasteiger partial charge in [-0.3, -0.25) is 10.1 Å². The van der Waals surface area contributed by atoms with Gasteiger partial charge in [-0.05, 0) is 12.1 Å². The van der Waals surface area contributed by atoms with Crippen LogP contribution >= 0.6 is 0 Å². The average molecular weight is 277 g/mol. The van der Waals surface area contributed by atoms with E-state index in [4.69, 9.17) is 9.47 Å². The molecule has 7 heteroatoms. The molecule has 0 saturated heterocycles. The van der Waals surface area contributed by atoms with Gasteiger partial charge >= 0.3 is 0 Å². The molecule has 2 rings (SSSR count). The Labute approximate surface area is 114 Å². The molecule has 20 heavy (non-hydrogen) atoms. The molecular formula is C13H12FN3O3. The number of methoxy groups -OCH3 is 2. The minimum absolute atomic E-state index is 0.0329. The fourth-order valence-electron chi connectivity index (χ4n) is 1.48. The van der Waals surface area contributed by atoms with Crippen molar-refractivity contribution in [3.05, 3.63) is 41.7 Å². The van der Waals surface area contributed by atoms with E-state index < -0.39 is 11.7 Å². The number of nitrogens with zero attached hydrogens (tertiary/aromatic N) is 2. The molecule has 0 aliphatic carbocycles. The summed E-state index contributed by atoms with van der Waals surface area (Å²) < 4.78 is 23.4. The summed E-state index contributed by atoms with van der Waals surface area (Å²) in [5, 5.41) is 2.39. The van der Waals surface area contributed by atoms with Gasteiger partial charge in [-0.25, -0.2) is 4.39 Å². The third-order valence-electron chi connectivity index (χ3n) is 2.44. The van der Waals surface area contributed by atoms with E-state index >= 15 is 0 Å². The molecule has 104 valence electrons. The second kappa shape index (κ2) is 5.96. The number of nitrogens with one attached hydrogen (secondary N) is 1. The summed E-state index contributed by atoms with van der Waals surface area (Å²) in [5.74, 6) is -0.867. The lowest BCUT2D eigenvalue weighted by Crippen LogP contribution is -2.16. The van der Waals surface area contributed by atoms with Gasteiger partial charge in [0.2, 0.25) is 17.7 Å². The highest BCUT2D eigenvalue weighted by atomic mass is 19.1. The Morgan fingerprint density at radius 1 is 1.15 bits per heavy atom. The predicted molar refractivity (Wildman–Crippen MR) is 69.5 cm³/mol. The lowest BCUT2D eigenvalue weighted by atomic mass is 10.2. The highest BCUT2D eigenvalue weighted by Crippen LogP contribution is 2.18. The van der Waals surface area contributed by atoms with Crippen LogP contribution in [0.15, 0.2) is 30.3 Å². The second-order valence-electron chi connectivity index (χ2n) is 3.71. The van der Waals surface area contributed by atoms with Crippen molar-refractivity contribution in [3.63, 3.8) is 0 Å². The van der Waals surface area contributed by atoms with Crippen LogP contribution in [0, 0.1) is 5.82 Å². The molecule has 0 saturated carbocycles. The molecule has 1 aromatic heterocycles. The van der Waals surface area contributed by atoms with E-state index in [1.165, 1.54) is 38.5 Å². The Bertz CT molecular complexity index is 612. The van der Waals surface area contributed by atoms with E-state index in [1.807, 2.05) is 0 Å². The first kappa shape index (κ1) is 13.7. The number of ether oxygens (including phenoxy) is 2. The maximum atomic E-state index is 13.5. The van der Waals surface area contributed by atoms with Crippen molar-refractivity contribution in [3.8, 4) is 11.8 Å². The van der Waals surface area contributed by atoms with Gasteiger partial charge in [-0.2, -0.15) is 9.97 Å². The van der Waals surface area contributed by atoms with E-state index in [0.29, 0.717) is 0 Å². The van der Waals surface area contributed by atoms with Crippen molar-refractivity contribution in [2.75, 3.05) is 19.5 Å². The molecule has 0 aliphatic heterocycles. The van der Waals surface area contributed by atoms with Crippen LogP contribution in [0.3, 0.4) is 0 Å². The zero-order valence-corrected chi connectivity index (χ0v) is 10.9. The lowest BCUT2D eigenvalue weighted by molar-refractivity contribution is 0.102. The minimum atomic E-state index is -0.654. The molecule has 1 amide bonds. The summed E-state index contributed by atoms with van der Waals surface area (Å²) in [4.78, 5) is 19.8. The minimum Gasteiger partial charge on any atom is -0.481 e. The van der Waals surface area contributed by atoms with Gasteiger partial charge in [-0.1, -0.05) is 12.1 Å². The SMILES string of the molecule is COc1cc(OC)nc(NC(=O)c2ccccc2F)n1. The van der Waals surface area contributed by atoms with Crippen LogP contribution in [-0.2, 0) is 0 Å². The molecule has 1 aromatic carbocycles. The summed E-state index contributed by atoms with van der Waals surface area (Å²) in [5.41, 5.74) is -0.0992. The summed E-state index contributed by atoms with van der Waals surface area (Å²) in [6.07, 6.45) is 0. The van der Waals surface area contributed by atoms with E-state index in [0.717, 1.165) is 0 Å². The van der Waals surface area contributed by atoms with Crippen LogP contribution in [0.25, 0.3) is 0 Å². The van der Waals surface area contributed by atoms with Crippen LogP contribution in [0.2, 0.25) is 0 Å². The van der Waals surface area contributed by atoms with Crippen molar-refractivity contribution < 1.29 is 18.7 Å². The first-order valence-electron chi connectivity index (χ1n) is 5.67. The molecule has 0 bridgehead atoms. The average Bonchev–Trinajstić information content (AvgIpc) is 2.47. The van der Waals surface area contributed by atoms with E-state index in [2.05, 4.69) is 15.3 Å². The largest absolute Gasteiger partial charge is 0.481 e. The Hall–Kier alpha value is -2.70. The Morgan fingerprint density at radius 2 is 1.75 bits per heavy atom. The molecule has 1 N–H and O–H groups in total. The third-order valence-corrected chi connectivity index (χ3v) is 2.44. The predicted octanol–water partition coefficient (Wildman–Crippen LogP) is 1.89. The first-order valence-corrected chi connectivity index (χ1v) is 5.67. The number of halogens is 1. The number of benzene rings is 1. The number of rotatable bonds is 4. The zero-order chi connectivity index (χ0) is 14.5. The van der Waals surface area contributed by atoms with Crippen LogP contribution in [0.1, 0.15) is 10.4 Å². The Morgan fingerprint density at radius 3 is 2.30 bits per heavy atom. The molecule has 0 radical (unpaired) electrons. The molecule has 0 unspecified atom stereocenters. The number of anilines is 1. The fourth-order valence-corrected chi connectivity index (χ4v) is 1.48. The third kappa shape index (κ3) is 3.00. The monoisotopic (exact) mass is 277 g/mol. The molecule has 0 atom stereocenters. The van der Waals surface area contributed by atoms with Crippen molar-refractivity contribution in [2.45, 2.75) is 0 Å². The molecular weight excluding hydrogens is 265 g/mol. The van der Waals surface area contributed by atoms with Gasteiger partial charge in [0.1, 0.15) is 5.82 Å². The van der Waals surface area contributed by atoms with E-state index in [9.17, 15) is 9.18 Å². The van der Waals surface area contributed by atoms with Gasteiger partial charge in [0.25, 0.3) is 5.91 Å². The van der Waals surface area contributed by atoms with Crippen molar-refractivity contribution in [1.82, 2.24) is 9.97 Å². The summed E-state index contributed by atoms with van der Waals surface area (Å²) in [7, 11) is 2.84. The molecule has 0 fully saturated rings. The number of hydrogen-bond acceptors (Lipinski definition) is 5. The Kier molecular flexibility index (Phi) is 4.09. The number of hydrogen-bond donors (Lipinski definition) is 1. The standard InChI is InChI=1S/C13H12FN3O3/c1-19-10-7-11(20-2)16-13(15-10)17-12(18)8-5-3-4-6-9(8)14/h3-7H,1-2H3,(H,15,16,17,18). The van der Waals surface area contributed by atoms with Gasteiger partial charge in [0, 0.05) is 0 Å². The number of carbonyl (C=O) groups excluding carboxylic acids is 1. The lowest BCUT2D eigenvalue weighted by Gasteiger charge is -2.07. The summed E-state index contributed by atoms with van der Waals surface area (Å²) >= 11 is 0. The number of amides is 1. The van der Waals surface area contributed by atoms with E-state index in [-0.39, 0.29) is 23.3 Å². The normalized spacial score (nSPS) is 9.95. The topological polar surface area (TPSA) is 73.3 Å². The highest BCUT2D eigenvalue weighted by molar-refractivity contribution is 6.03. The van der Waals surface area contributed by atoms with Gasteiger partial charge in [0.05, 0.1) is 25.8 Å². The first-order chi connectivity index (χ1) is 9.63. The maximum absolute atomic E-state index is 13.5. The smallest absolute Gasteiger partial charge is 0.260 e. The number of aromatic nitrogens is 2. The van der Waals surface area contributed by atoms with Crippen LogP contribution in [0.4, 0.5) is 10.3 Å². The summed E-state index contributed by atoms with van der Waals surface area (Å²) in [6, 6.07) is 7.07. The number of carbonyl (C=O) groups is 1. The van der Waals surface area contributed by atoms with Crippen LogP contribution in [-0.4, -0.2) is 30.1 Å².